The Labute approximate surface area is 86.5 Å². The zero-order valence-electron chi connectivity index (χ0n) is 8.21. The van der Waals surface area contributed by atoms with Crippen LogP contribution in [-0.4, -0.2) is 17.1 Å². The van der Waals surface area contributed by atoms with Crippen LogP contribution in [0.5, 0.6) is 0 Å². The molecule has 1 aromatic carbocycles. The Morgan fingerprint density at radius 3 is 2.60 bits per heavy atom. The molecule has 15 heavy (non-hydrogen) atoms. The third-order valence-electron chi connectivity index (χ3n) is 1.81. The molecule has 0 atom stereocenters. The van der Waals surface area contributed by atoms with Gasteiger partial charge in [0.1, 0.15) is 0 Å². The van der Waals surface area contributed by atoms with Crippen LogP contribution in [0.4, 0.5) is 5.69 Å². The molecule has 0 saturated carbocycles. The van der Waals surface area contributed by atoms with E-state index in [9.17, 15) is 10.1 Å². The molecule has 7 heteroatoms. The number of hydrogen-bond donors (Lipinski definition) is 2. The molecule has 0 bridgehead atoms. The molecule has 1 aromatic rings. The van der Waals surface area contributed by atoms with E-state index in [0.29, 0.717) is 6.54 Å². The molecule has 0 aromatic heterocycles. The van der Waals surface area contributed by atoms with Gasteiger partial charge in [-0.25, -0.2) is 5.43 Å². The van der Waals surface area contributed by atoms with Gasteiger partial charge in [0.25, 0.3) is 5.69 Å². The van der Waals surface area contributed by atoms with Crippen LogP contribution in [0.1, 0.15) is 5.56 Å². The van der Waals surface area contributed by atoms with Gasteiger partial charge in [0.05, 0.1) is 4.92 Å². The minimum atomic E-state index is -0.438. The normalized spacial score (nSPS) is 10.6. The number of nitro groups is 1. The Bertz CT molecular complexity index is 327. The van der Waals surface area contributed by atoms with Crippen LogP contribution in [0.3, 0.4) is 0 Å². The Hall–Kier alpha value is -1.54. The standard InChI is InChI=1S/C8H12N4O3/c1-11(15-9)10-6-7-2-4-8(5-3-7)12(13)14/h2-5,10H,6,9H2,1H3. The summed E-state index contributed by atoms with van der Waals surface area (Å²) < 4.78 is 0. The number of nitrogens with two attached hydrogens (primary N) is 1. The van der Waals surface area contributed by atoms with Gasteiger partial charge >= 0.3 is 0 Å². The van der Waals surface area contributed by atoms with E-state index in [-0.39, 0.29) is 5.69 Å². The molecule has 0 radical (unpaired) electrons. The van der Waals surface area contributed by atoms with Gasteiger partial charge in [0.15, 0.2) is 0 Å². The fraction of sp³-hybridized carbons (Fsp3) is 0.250. The predicted molar refractivity (Wildman–Crippen MR) is 53.0 cm³/mol. The van der Waals surface area contributed by atoms with E-state index in [1.165, 1.54) is 17.3 Å². The maximum Gasteiger partial charge on any atom is 0.269 e. The van der Waals surface area contributed by atoms with Gasteiger partial charge in [-0.05, 0) is 5.56 Å². The highest BCUT2D eigenvalue weighted by Crippen LogP contribution is 2.11. The van der Waals surface area contributed by atoms with Crippen molar-refractivity contribution in [3.63, 3.8) is 0 Å². The van der Waals surface area contributed by atoms with E-state index < -0.39 is 4.92 Å². The van der Waals surface area contributed by atoms with E-state index in [2.05, 4.69) is 10.4 Å². The lowest BCUT2D eigenvalue weighted by atomic mass is 10.2. The number of nitro benzene ring substituents is 1. The summed E-state index contributed by atoms with van der Waals surface area (Å²) in [4.78, 5) is 14.3. The van der Waals surface area contributed by atoms with Crippen LogP contribution in [0.15, 0.2) is 24.3 Å². The van der Waals surface area contributed by atoms with Crippen LogP contribution in [-0.2, 0) is 11.5 Å². The average Bonchev–Trinajstić information content (AvgIpc) is 2.26. The van der Waals surface area contributed by atoms with Gasteiger partial charge in [-0.3, -0.25) is 10.1 Å². The summed E-state index contributed by atoms with van der Waals surface area (Å²) >= 11 is 0. The van der Waals surface area contributed by atoms with E-state index in [1.54, 1.807) is 19.2 Å². The Morgan fingerprint density at radius 1 is 1.53 bits per heavy atom. The van der Waals surface area contributed by atoms with Crippen molar-refractivity contribution in [2.24, 2.45) is 5.90 Å². The Kier molecular flexibility index (Phi) is 4.13. The number of hydroxylamine groups is 1. The second kappa shape index (κ2) is 5.37. The molecule has 0 aliphatic rings. The lowest BCUT2D eigenvalue weighted by Gasteiger charge is -2.13. The smallest absolute Gasteiger partial charge is 0.258 e. The molecule has 0 aliphatic carbocycles. The quantitative estimate of drug-likeness (QED) is 0.539. The van der Waals surface area contributed by atoms with Gasteiger partial charge in [-0.15, -0.1) is 5.17 Å². The number of hydrogen-bond acceptors (Lipinski definition) is 6. The van der Waals surface area contributed by atoms with Crippen molar-refractivity contribution in [2.45, 2.75) is 6.54 Å². The highest BCUT2D eigenvalue weighted by Gasteiger charge is 2.03. The Morgan fingerprint density at radius 2 is 2.13 bits per heavy atom. The van der Waals surface area contributed by atoms with Gasteiger partial charge in [0, 0.05) is 25.7 Å². The SMILES string of the molecule is CN(NCc1ccc([N+](=O)[O-])cc1)ON. The molecule has 0 aliphatic heterocycles. The molecule has 82 valence electrons. The molecule has 0 amide bonds. The molecule has 0 unspecified atom stereocenters. The summed E-state index contributed by atoms with van der Waals surface area (Å²) in [5.74, 6) is 4.87. The van der Waals surface area contributed by atoms with Crippen molar-refractivity contribution in [1.29, 1.82) is 0 Å². The van der Waals surface area contributed by atoms with Crippen LogP contribution in [0.25, 0.3) is 0 Å². The first kappa shape index (κ1) is 11.5. The largest absolute Gasteiger partial charge is 0.269 e. The first-order valence-corrected chi connectivity index (χ1v) is 4.21. The van der Waals surface area contributed by atoms with E-state index in [1.807, 2.05) is 0 Å². The number of nitrogens with one attached hydrogen (secondary N) is 1. The molecule has 7 nitrogen and oxygen atoms in total. The van der Waals surface area contributed by atoms with Gasteiger partial charge in [0.2, 0.25) is 0 Å². The number of hydrazine groups is 1. The highest BCUT2D eigenvalue weighted by molar-refractivity contribution is 5.32. The number of benzene rings is 1. The van der Waals surface area contributed by atoms with Crippen LogP contribution in [0.2, 0.25) is 0 Å². The molecule has 3 N–H and O–H groups in total. The fourth-order valence-electron chi connectivity index (χ4n) is 0.975. The first-order chi connectivity index (χ1) is 7.13. The van der Waals surface area contributed by atoms with Crippen LogP contribution < -0.4 is 11.3 Å². The fourth-order valence-corrected chi connectivity index (χ4v) is 0.975. The summed E-state index contributed by atoms with van der Waals surface area (Å²) in [7, 11) is 1.60. The molecule has 1 rings (SSSR count). The van der Waals surface area contributed by atoms with Crippen molar-refractivity contribution >= 4 is 5.69 Å². The minimum absolute atomic E-state index is 0.0715. The second-order valence-electron chi connectivity index (χ2n) is 2.86. The maximum absolute atomic E-state index is 10.4. The summed E-state index contributed by atoms with van der Waals surface area (Å²) in [6.45, 7) is 0.478. The lowest BCUT2D eigenvalue weighted by molar-refractivity contribution is -0.384. The Balaban J connectivity index is 2.53. The zero-order chi connectivity index (χ0) is 11.3. The van der Waals surface area contributed by atoms with Gasteiger partial charge in [-0.1, -0.05) is 12.1 Å². The van der Waals surface area contributed by atoms with Gasteiger partial charge < -0.3 is 0 Å². The van der Waals surface area contributed by atoms with Crippen LogP contribution in [0, 0.1) is 10.1 Å². The second-order valence-corrected chi connectivity index (χ2v) is 2.86. The molecular weight excluding hydrogens is 200 g/mol. The zero-order valence-corrected chi connectivity index (χ0v) is 8.21. The average molecular weight is 212 g/mol. The number of nitrogens with zero attached hydrogens (tertiary/aromatic N) is 2. The van der Waals surface area contributed by atoms with E-state index in [0.717, 1.165) is 5.56 Å². The highest BCUT2D eigenvalue weighted by atomic mass is 16.8. The minimum Gasteiger partial charge on any atom is -0.258 e. The summed E-state index contributed by atoms with van der Waals surface area (Å²) in [5, 5.41) is 11.6. The monoisotopic (exact) mass is 212 g/mol. The lowest BCUT2D eigenvalue weighted by Crippen LogP contribution is -2.36. The number of rotatable bonds is 5. The van der Waals surface area contributed by atoms with Crippen molar-refractivity contribution < 1.29 is 9.86 Å². The van der Waals surface area contributed by atoms with Gasteiger partial charge in [-0.2, -0.15) is 10.8 Å². The molecule has 0 heterocycles. The molecule has 0 spiro atoms. The van der Waals surface area contributed by atoms with E-state index in [4.69, 9.17) is 5.90 Å². The van der Waals surface area contributed by atoms with Crippen molar-refractivity contribution in [1.82, 2.24) is 10.6 Å². The molecule has 0 saturated heterocycles. The van der Waals surface area contributed by atoms with E-state index >= 15 is 0 Å². The predicted octanol–water partition coefficient (Wildman–Crippen LogP) is 0.336. The summed E-state index contributed by atoms with van der Waals surface area (Å²) in [5.41, 5.74) is 3.78. The van der Waals surface area contributed by atoms with Crippen molar-refractivity contribution in [2.75, 3.05) is 7.05 Å². The number of non-ortho nitro benzene ring substituents is 1. The topological polar surface area (TPSA) is 93.7 Å². The third kappa shape index (κ3) is 3.60. The van der Waals surface area contributed by atoms with Crippen LogP contribution >= 0.6 is 0 Å². The van der Waals surface area contributed by atoms with Crippen molar-refractivity contribution in [3.05, 3.63) is 39.9 Å². The summed E-state index contributed by atoms with van der Waals surface area (Å²) in [6, 6.07) is 6.21. The summed E-state index contributed by atoms with van der Waals surface area (Å²) in [6.07, 6.45) is 0. The third-order valence-corrected chi connectivity index (χ3v) is 1.81. The van der Waals surface area contributed by atoms with Crippen molar-refractivity contribution in [3.8, 4) is 0 Å². The molecule has 0 fully saturated rings. The molecular formula is C8H12N4O3. The first-order valence-electron chi connectivity index (χ1n) is 4.21. The maximum atomic E-state index is 10.4.